The van der Waals surface area contributed by atoms with Crippen LogP contribution in [0.5, 0.6) is 0 Å². The van der Waals surface area contributed by atoms with Gasteiger partial charge in [-0.3, -0.25) is 19.9 Å². The fraction of sp³-hybridized carbons (Fsp3) is 0.167. The molecule has 0 bridgehead atoms. The van der Waals surface area contributed by atoms with E-state index in [9.17, 15) is 9.59 Å². The maximum absolute atomic E-state index is 12.8. The summed E-state index contributed by atoms with van der Waals surface area (Å²) in [7, 11) is 3.89. The number of pyridine rings is 1. The summed E-state index contributed by atoms with van der Waals surface area (Å²) in [6, 6.07) is 16.6. The Bertz CT molecular complexity index is 1250. The highest BCUT2D eigenvalue weighted by Crippen LogP contribution is 2.30. The predicted molar refractivity (Wildman–Crippen MR) is 128 cm³/mol. The Morgan fingerprint density at radius 1 is 0.938 bits per heavy atom. The Morgan fingerprint density at radius 3 is 2.44 bits per heavy atom. The Labute approximate surface area is 190 Å². The third-order valence-corrected chi connectivity index (χ3v) is 5.79. The number of hydrogen-bond donors (Lipinski definition) is 2. The van der Waals surface area contributed by atoms with Gasteiger partial charge in [-0.15, -0.1) is 0 Å². The first-order valence-corrected chi connectivity index (χ1v) is 11.0. The molecule has 2 amide bonds. The Hall–Kier alpha value is -3.62. The van der Waals surface area contributed by atoms with Crippen molar-refractivity contribution in [2.24, 2.45) is 0 Å². The van der Waals surface area contributed by atoms with E-state index in [1.54, 1.807) is 36.7 Å². The first-order valence-electron chi connectivity index (χ1n) is 10.1. The van der Waals surface area contributed by atoms with Crippen LogP contribution in [0.3, 0.4) is 0 Å². The monoisotopic (exact) mass is 445 g/mol. The molecule has 7 nitrogen and oxygen atoms in total. The molecule has 0 aliphatic carbocycles. The number of anilines is 1. The molecule has 0 atom stereocenters. The van der Waals surface area contributed by atoms with Crippen molar-refractivity contribution >= 4 is 38.5 Å². The van der Waals surface area contributed by atoms with Gasteiger partial charge in [-0.1, -0.05) is 23.5 Å². The fourth-order valence-electron chi connectivity index (χ4n) is 3.17. The van der Waals surface area contributed by atoms with E-state index >= 15 is 0 Å². The quantitative estimate of drug-likeness (QED) is 0.451. The maximum atomic E-state index is 12.8. The van der Waals surface area contributed by atoms with Crippen molar-refractivity contribution < 1.29 is 9.59 Å². The molecule has 4 rings (SSSR count). The molecule has 0 fully saturated rings. The minimum Gasteiger partial charge on any atom is -0.351 e. The number of thiazole rings is 1. The van der Waals surface area contributed by atoms with Gasteiger partial charge in [0.2, 0.25) is 0 Å². The lowest BCUT2D eigenvalue weighted by atomic mass is 10.1. The Balaban J connectivity index is 1.47. The number of aromatic nitrogens is 2. The molecule has 0 saturated carbocycles. The van der Waals surface area contributed by atoms with Crippen LogP contribution in [-0.4, -0.2) is 53.9 Å². The molecule has 0 aliphatic rings. The predicted octanol–water partition coefficient (Wildman–Crippen LogP) is 3.90. The number of rotatable bonds is 7. The van der Waals surface area contributed by atoms with Crippen molar-refractivity contribution in [3.8, 4) is 11.1 Å². The van der Waals surface area contributed by atoms with Gasteiger partial charge in [-0.25, -0.2) is 4.98 Å². The highest BCUT2D eigenvalue weighted by molar-refractivity contribution is 7.22. The number of benzene rings is 2. The molecular formula is C24H23N5O2S. The van der Waals surface area contributed by atoms with E-state index in [0.29, 0.717) is 22.8 Å². The average molecular weight is 446 g/mol. The Morgan fingerprint density at radius 2 is 1.69 bits per heavy atom. The average Bonchev–Trinajstić information content (AvgIpc) is 3.21. The van der Waals surface area contributed by atoms with Crippen LogP contribution in [-0.2, 0) is 0 Å². The van der Waals surface area contributed by atoms with Gasteiger partial charge in [-0.2, -0.15) is 0 Å². The summed E-state index contributed by atoms with van der Waals surface area (Å²) in [6.45, 7) is 1.28. The van der Waals surface area contributed by atoms with Crippen LogP contribution >= 0.6 is 11.3 Å². The van der Waals surface area contributed by atoms with Crippen molar-refractivity contribution in [2.45, 2.75) is 0 Å². The second-order valence-electron chi connectivity index (χ2n) is 7.53. The summed E-state index contributed by atoms with van der Waals surface area (Å²) in [5.41, 5.74) is 3.80. The summed E-state index contributed by atoms with van der Waals surface area (Å²) in [5, 5.41) is 6.22. The number of carbonyl (C=O) groups excluding carboxylic acids is 2. The minimum absolute atomic E-state index is 0.204. The molecule has 0 saturated heterocycles. The molecule has 8 heteroatoms. The smallest absolute Gasteiger partial charge is 0.257 e. The molecule has 2 N–H and O–H groups in total. The summed E-state index contributed by atoms with van der Waals surface area (Å²) in [6.07, 6.45) is 3.52. The normalized spacial score (nSPS) is 11.0. The van der Waals surface area contributed by atoms with Gasteiger partial charge < -0.3 is 10.2 Å². The van der Waals surface area contributed by atoms with E-state index in [0.717, 1.165) is 27.9 Å². The summed E-state index contributed by atoms with van der Waals surface area (Å²) < 4.78 is 0.976. The van der Waals surface area contributed by atoms with Crippen LogP contribution in [0.2, 0.25) is 0 Å². The molecule has 0 radical (unpaired) electrons. The zero-order chi connectivity index (χ0) is 22.5. The lowest BCUT2D eigenvalue weighted by Crippen LogP contribution is -2.31. The minimum atomic E-state index is -0.304. The molecule has 4 aromatic rings. The van der Waals surface area contributed by atoms with E-state index in [2.05, 4.69) is 26.7 Å². The number of fused-ring (bicyclic) bond motifs is 1. The number of nitrogens with zero attached hydrogens (tertiary/aromatic N) is 3. The molecule has 2 aromatic carbocycles. The third kappa shape index (κ3) is 5.16. The molecule has 0 spiro atoms. The third-order valence-electron chi connectivity index (χ3n) is 4.85. The highest BCUT2D eigenvalue weighted by atomic mass is 32.1. The van der Waals surface area contributed by atoms with Crippen molar-refractivity contribution in [1.29, 1.82) is 0 Å². The van der Waals surface area contributed by atoms with Crippen molar-refractivity contribution in [3.05, 3.63) is 78.1 Å². The van der Waals surface area contributed by atoms with Gasteiger partial charge in [0.1, 0.15) is 0 Å². The van der Waals surface area contributed by atoms with Gasteiger partial charge in [0, 0.05) is 36.6 Å². The molecule has 2 aromatic heterocycles. The SMILES string of the molecule is CN(C)CCNC(=O)c1cccc(C(=O)Nc2nc3ccc(-c4ccncc4)cc3s2)c1. The van der Waals surface area contributed by atoms with Crippen molar-refractivity contribution in [1.82, 2.24) is 20.2 Å². The topological polar surface area (TPSA) is 87.2 Å². The lowest BCUT2D eigenvalue weighted by Gasteiger charge is -2.10. The van der Waals surface area contributed by atoms with E-state index in [1.165, 1.54) is 11.3 Å². The molecular weight excluding hydrogens is 422 g/mol. The maximum Gasteiger partial charge on any atom is 0.257 e. The van der Waals surface area contributed by atoms with Crippen LogP contribution in [0.25, 0.3) is 21.3 Å². The highest BCUT2D eigenvalue weighted by Gasteiger charge is 2.13. The lowest BCUT2D eigenvalue weighted by molar-refractivity contribution is 0.0951. The zero-order valence-corrected chi connectivity index (χ0v) is 18.6. The van der Waals surface area contributed by atoms with Crippen LogP contribution in [0.15, 0.2) is 67.0 Å². The Kier molecular flexibility index (Phi) is 6.53. The first kappa shape index (κ1) is 21.6. The van der Waals surface area contributed by atoms with Crippen LogP contribution in [0, 0.1) is 0 Å². The zero-order valence-electron chi connectivity index (χ0n) is 17.8. The molecule has 0 aliphatic heterocycles. The van der Waals surface area contributed by atoms with Crippen LogP contribution < -0.4 is 10.6 Å². The second kappa shape index (κ2) is 9.67. The van der Waals surface area contributed by atoms with Crippen LogP contribution in [0.1, 0.15) is 20.7 Å². The number of nitrogens with one attached hydrogen (secondary N) is 2. The van der Waals surface area contributed by atoms with E-state index in [4.69, 9.17) is 0 Å². The number of amides is 2. The standard InChI is InChI=1S/C24H23N5O2S/c1-29(2)13-12-26-22(30)18-4-3-5-19(14-18)23(31)28-24-27-20-7-6-17(15-21(20)32-24)16-8-10-25-11-9-16/h3-11,14-15H,12-13H2,1-2H3,(H,26,30)(H,27,28,31). The van der Waals surface area contributed by atoms with Crippen molar-refractivity contribution in [2.75, 3.05) is 32.5 Å². The van der Waals surface area contributed by atoms with E-state index < -0.39 is 0 Å². The van der Waals surface area contributed by atoms with Gasteiger partial charge >= 0.3 is 0 Å². The fourth-order valence-corrected chi connectivity index (χ4v) is 4.07. The summed E-state index contributed by atoms with van der Waals surface area (Å²) in [5.74, 6) is -0.508. The molecule has 0 unspecified atom stereocenters. The molecule has 162 valence electrons. The van der Waals surface area contributed by atoms with Gasteiger partial charge in [0.15, 0.2) is 5.13 Å². The van der Waals surface area contributed by atoms with Crippen LogP contribution in [0.4, 0.5) is 5.13 Å². The number of hydrogen-bond acceptors (Lipinski definition) is 6. The molecule has 32 heavy (non-hydrogen) atoms. The van der Waals surface area contributed by atoms with Crippen molar-refractivity contribution in [3.63, 3.8) is 0 Å². The van der Waals surface area contributed by atoms with Gasteiger partial charge in [0.05, 0.1) is 10.2 Å². The first-order chi connectivity index (χ1) is 15.5. The number of likely N-dealkylation sites (N-methyl/N-ethyl adjacent to an activating group) is 1. The number of carbonyl (C=O) groups is 2. The van der Waals surface area contributed by atoms with Gasteiger partial charge in [0.25, 0.3) is 11.8 Å². The van der Waals surface area contributed by atoms with E-state index in [1.807, 2.05) is 43.3 Å². The second-order valence-corrected chi connectivity index (χ2v) is 8.56. The summed E-state index contributed by atoms with van der Waals surface area (Å²) >= 11 is 1.41. The van der Waals surface area contributed by atoms with Gasteiger partial charge in [-0.05, 0) is 67.7 Å². The van der Waals surface area contributed by atoms with E-state index in [-0.39, 0.29) is 11.8 Å². The summed E-state index contributed by atoms with van der Waals surface area (Å²) in [4.78, 5) is 35.7. The molecule has 2 heterocycles. The largest absolute Gasteiger partial charge is 0.351 e.